The fourth-order valence-electron chi connectivity index (χ4n) is 1.85. The second-order valence-electron chi connectivity index (χ2n) is 4.11. The number of aromatic nitrogens is 2. The van der Waals surface area contributed by atoms with Gasteiger partial charge in [0, 0.05) is 22.2 Å². The smallest absolute Gasteiger partial charge is 0.129 e. The van der Waals surface area contributed by atoms with E-state index in [-0.39, 0.29) is 0 Å². The van der Waals surface area contributed by atoms with Crippen molar-refractivity contribution in [2.75, 3.05) is 0 Å². The fourth-order valence-corrected chi connectivity index (χ4v) is 2.98. The van der Waals surface area contributed by atoms with Gasteiger partial charge in [-0.05, 0) is 17.7 Å². The summed E-state index contributed by atoms with van der Waals surface area (Å²) < 4.78 is 0. The molecule has 0 bridgehead atoms. The molecule has 0 amide bonds. The van der Waals surface area contributed by atoms with Gasteiger partial charge in [-0.2, -0.15) is 0 Å². The van der Waals surface area contributed by atoms with Gasteiger partial charge >= 0.3 is 0 Å². The normalized spacial score (nSPS) is 10.8. The summed E-state index contributed by atoms with van der Waals surface area (Å²) in [5.74, 6) is 0.921. The van der Waals surface area contributed by atoms with Gasteiger partial charge in [0.1, 0.15) is 5.15 Å². The molecule has 2 heterocycles. The van der Waals surface area contributed by atoms with Gasteiger partial charge in [-0.25, -0.2) is 4.98 Å². The number of benzene rings is 1. The summed E-state index contributed by atoms with van der Waals surface area (Å²) in [6, 6.07) is 14.2. The van der Waals surface area contributed by atoms with Crippen LogP contribution in [-0.2, 0) is 5.75 Å². The first-order valence-electron chi connectivity index (χ1n) is 5.90. The van der Waals surface area contributed by atoms with E-state index in [1.807, 2.05) is 24.4 Å². The molecular weight excluding hydrogens is 276 g/mol. The Morgan fingerprint density at radius 2 is 1.84 bits per heavy atom. The van der Waals surface area contributed by atoms with Gasteiger partial charge in [-0.1, -0.05) is 41.9 Å². The molecule has 0 unspecified atom stereocenters. The van der Waals surface area contributed by atoms with Gasteiger partial charge in [0.2, 0.25) is 0 Å². The topological polar surface area (TPSA) is 25.8 Å². The molecule has 3 aromatic rings. The number of pyridine rings is 2. The first kappa shape index (κ1) is 12.5. The molecule has 0 aliphatic heterocycles. The quantitative estimate of drug-likeness (QED) is 0.521. The summed E-state index contributed by atoms with van der Waals surface area (Å²) in [5, 5.41) is 1.60. The van der Waals surface area contributed by atoms with E-state index in [4.69, 9.17) is 11.6 Å². The predicted molar refractivity (Wildman–Crippen MR) is 80.6 cm³/mol. The molecule has 0 aliphatic rings. The van der Waals surface area contributed by atoms with E-state index in [2.05, 4.69) is 34.2 Å². The number of fused-ring (bicyclic) bond motifs is 1. The number of rotatable bonds is 3. The summed E-state index contributed by atoms with van der Waals surface area (Å²) in [7, 11) is 0. The van der Waals surface area contributed by atoms with Gasteiger partial charge < -0.3 is 0 Å². The highest BCUT2D eigenvalue weighted by Crippen LogP contribution is 2.29. The van der Waals surface area contributed by atoms with E-state index in [0.29, 0.717) is 5.15 Å². The molecule has 0 saturated heterocycles. The lowest BCUT2D eigenvalue weighted by atomic mass is 10.2. The predicted octanol–water partition coefficient (Wildman–Crippen LogP) is 4.58. The van der Waals surface area contributed by atoms with Crippen molar-refractivity contribution in [2.45, 2.75) is 10.6 Å². The lowest BCUT2D eigenvalue weighted by Gasteiger charge is -2.05. The monoisotopic (exact) mass is 286 g/mol. The third-order valence-corrected chi connectivity index (χ3v) is 4.11. The second kappa shape index (κ2) is 5.59. The fraction of sp³-hybridized carbons (Fsp3) is 0.0667. The van der Waals surface area contributed by atoms with Gasteiger partial charge in [0.25, 0.3) is 0 Å². The minimum absolute atomic E-state index is 0.500. The minimum Gasteiger partial charge on any atom is -0.261 e. The van der Waals surface area contributed by atoms with Crippen molar-refractivity contribution >= 4 is 34.3 Å². The maximum Gasteiger partial charge on any atom is 0.129 e. The zero-order valence-electron chi connectivity index (χ0n) is 10.1. The van der Waals surface area contributed by atoms with Crippen LogP contribution in [0.3, 0.4) is 0 Å². The van der Waals surface area contributed by atoms with Gasteiger partial charge in [0.15, 0.2) is 0 Å². The zero-order valence-corrected chi connectivity index (χ0v) is 11.7. The molecule has 0 spiro atoms. The van der Waals surface area contributed by atoms with Crippen LogP contribution in [0, 0.1) is 0 Å². The molecule has 0 radical (unpaired) electrons. The van der Waals surface area contributed by atoms with Crippen LogP contribution in [0.5, 0.6) is 0 Å². The van der Waals surface area contributed by atoms with Crippen molar-refractivity contribution in [3.63, 3.8) is 0 Å². The number of nitrogens with zero attached hydrogens (tertiary/aromatic N) is 2. The Morgan fingerprint density at radius 3 is 2.68 bits per heavy atom. The lowest BCUT2D eigenvalue weighted by Crippen LogP contribution is -1.86. The van der Waals surface area contributed by atoms with Crippen LogP contribution >= 0.6 is 23.4 Å². The molecule has 3 rings (SSSR count). The molecule has 0 aliphatic carbocycles. The third-order valence-electron chi connectivity index (χ3n) is 2.78. The van der Waals surface area contributed by atoms with Crippen molar-refractivity contribution < 1.29 is 0 Å². The maximum atomic E-state index is 5.90. The highest BCUT2D eigenvalue weighted by molar-refractivity contribution is 7.98. The summed E-state index contributed by atoms with van der Waals surface area (Å²) in [6.07, 6.45) is 3.62. The summed E-state index contributed by atoms with van der Waals surface area (Å²) in [6.45, 7) is 0. The third kappa shape index (κ3) is 2.88. The molecule has 19 heavy (non-hydrogen) atoms. The molecule has 0 N–H and O–H groups in total. The molecular formula is C15H11ClN2S. The Hall–Kier alpha value is -1.58. The van der Waals surface area contributed by atoms with E-state index < -0.39 is 0 Å². The number of hydrogen-bond acceptors (Lipinski definition) is 3. The van der Waals surface area contributed by atoms with E-state index in [1.165, 1.54) is 5.56 Å². The number of hydrogen-bond donors (Lipinski definition) is 0. The summed E-state index contributed by atoms with van der Waals surface area (Å²) in [5.41, 5.74) is 2.14. The van der Waals surface area contributed by atoms with Crippen LogP contribution in [0.4, 0.5) is 0 Å². The Labute approximate surface area is 120 Å². The molecule has 0 atom stereocenters. The number of halogens is 1. The van der Waals surface area contributed by atoms with Crippen molar-refractivity contribution in [3.8, 4) is 0 Å². The van der Waals surface area contributed by atoms with Crippen molar-refractivity contribution in [1.29, 1.82) is 0 Å². The van der Waals surface area contributed by atoms with E-state index in [1.54, 1.807) is 18.0 Å². The van der Waals surface area contributed by atoms with Gasteiger partial charge in [-0.3, -0.25) is 4.98 Å². The van der Waals surface area contributed by atoms with Crippen LogP contribution in [0.25, 0.3) is 10.9 Å². The molecule has 0 saturated carbocycles. The first-order valence-corrected chi connectivity index (χ1v) is 7.26. The van der Waals surface area contributed by atoms with E-state index in [9.17, 15) is 0 Å². The highest BCUT2D eigenvalue weighted by Gasteiger charge is 2.04. The zero-order chi connectivity index (χ0) is 13.1. The molecule has 94 valence electrons. The first-order chi connectivity index (χ1) is 9.33. The van der Waals surface area contributed by atoms with E-state index in [0.717, 1.165) is 21.6 Å². The highest BCUT2D eigenvalue weighted by atomic mass is 35.5. The molecule has 0 fully saturated rings. The van der Waals surface area contributed by atoms with Crippen LogP contribution in [0.15, 0.2) is 59.8 Å². The average molecular weight is 287 g/mol. The van der Waals surface area contributed by atoms with Crippen molar-refractivity contribution in [2.24, 2.45) is 0 Å². The maximum absolute atomic E-state index is 5.90. The van der Waals surface area contributed by atoms with Crippen LogP contribution in [-0.4, -0.2) is 9.97 Å². The van der Waals surface area contributed by atoms with E-state index >= 15 is 0 Å². The van der Waals surface area contributed by atoms with Crippen LogP contribution in [0.1, 0.15) is 5.56 Å². The molecule has 4 heteroatoms. The largest absolute Gasteiger partial charge is 0.261 e. The Kier molecular flexibility index (Phi) is 3.67. The standard InChI is InChI=1S/C15H11ClN2S/c16-15-7-6-12-13(18-15)8-17-9-14(12)19-10-11-4-2-1-3-5-11/h1-9H,10H2. The van der Waals surface area contributed by atoms with Crippen LogP contribution < -0.4 is 0 Å². The lowest BCUT2D eigenvalue weighted by molar-refractivity contribution is 1.24. The summed E-state index contributed by atoms with van der Waals surface area (Å²) >= 11 is 7.66. The second-order valence-corrected chi connectivity index (χ2v) is 5.52. The Balaban J connectivity index is 1.89. The Bertz CT molecular complexity index is 701. The number of thioether (sulfide) groups is 1. The summed E-state index contributed by atoms with van der Waals surface area (Å²) in [4.78, 5) is 9.64. The Morgan fingerprint density at radius 1 is 1.00 bits per heavy atom. The molecule has 2 aromatic heterocycles. The van der Waals surface area contributed by atoms with Crippen molar-refractivity contribution in [3.05, 3.63) is 65.6 Å². The minimum atomic E-state index is 0.500. The van der Waals surface area contributed by atoms with Crippen LogP contribution in [0.2, 0.25) is 5.15 Å². The van der Waals surface area contributed by atoms with Gasteiger partial charge in [0.05, 0.1) is 11.7 Å². The molecule has 1 aromatic carbocycles. The van der Waals surface area contributed by atoms with Gasteiger partial charge in [-0.15, -0.1) is 11.8 Å². The average Bonchev–Trinajstić information content (AvgIpc) is 2.45. The molecule has 2 nitrogen and oxygen atoms in total. The SMILES string of the molecule is Clc1ccc2c(SCc3ccccc3)cncc2n1. The van der Waals surface area contributed by atoms with Crippen molar-refractivity contribution in [1.82, 2.24) is 9.97 Å².